The van der Waals surface area contributed by atoms with Crippen LogP contribution in [0.15, 0.2) is 28.1 Å². The summed E-state index contributed by atoms with van der Waals surface area (Å²) in [5, 5.41) is 17.8. The molecular formula is C11H14N2O6S2. The molecule has 0 saturated carbocycles. The summed E-state index contributed by atoms with van der Waals surface area (Å²) in [5.74, 6) is -0.431. The average Bonchev–Trinajstić information content (AvgIpc) is 2.26. The summed E-state index contributed by atoms with van der Waals surface area (Å²) in [6.45, 7) is 0. The Balaban J connectivity index is 2.47. The van der Waals surface area contributed by atoms with Crippen molar-refractivity contribution < 1.29 is 27.0 Å². The highest BCUT2D eigenvalue weighted by atomic mass is 32.2. The van der Waals surface area contributed by atoms with E-state index in [-0.39, 0.29) is 28.4 Å². The van der Waals surface area contributed by atoms with E-state index in [1.807, 2.05) is 0 Å². The van der Waals surface area contributed by atoms with Crippen molar-refractivity contribution >= 4 is 36.9 Å². The largest absolute Gasteiger partial charge is 0.368 e. The van der Waals surface area contributed by atoms with Crippen LogP contribution < -0.4 is 4.72 Å². The number of aliphatic hydroxyl groups is 2. The molecule has 0 aromatic heterocycles. The molecule has 1 aliphatic heterocycles. The fourth-order valence-electron chi connectivity index (χ4n) is 1.95. The molecule has 0 amide bonds. The second-order valence-electron chi connectivity index (χ2n) is 4.68. The highest BCUT2D eigenvalue weighted by molar-refractivity contribution is 7.92. The summed E-state index contributed by atoms with van der Waals surface area (Å²) in [4.78, 5) is 3.97. The van der Waals surface area contributed by atoms with Gasteiger partial charge in [-0.05, 0) is 18.2 Å². The summed E-state index contributed by atoms with van der Waals surface area (Å²) >= 11 is 0. The number of rotatable bonds is 4. The number of anilines is 1. The minimum atomic E-state index is -3.70. The molecule has 0 bridgehead atoms. The maximum Gasteiger partial charge on any atom is 0.229 e. The van der Waals surface area contributed by atoms with Gasteiger partial charge in [-0.3, -0.25) is 9.71 Å². The van der Waals surface area contributed by atoms with Crippen LogP contribution in [0.5, 0.6) is 0 Å². The maximum atomic E-state index is 12.2. The fraction of sp³-hybridized carbons (Fsp3) is 0.364. The van der Waals surface area contributed by atoms with Gasteiger partial charge >= 0.3 is 0 Å². The van der Waals surface area contributed by atoms with Crippen LogP contribution in [0.2, 0.25) is 0 Å². The molecule has 1 aromatic rings. The Bertz CT molecular complexity index is 796. The number of sulfonamides is 1. The number of nitrogens with one attached hydrogen (secondary N) is 1. The molecule has 1 heterocycles. The summed E-state index contributed by atoms with van der Waals surface area (Å²) < 4.78 is 48.8. The van der Waals surface area contributed by atoms with E-state index in [2.05, 4.69) is 9.71 Å². The summed E-state index contributed by atoms with van der Waals surface area (Å²) in [5.41, 5.74) is 0.415. The molecule has 0 saturated heterocycles. The second-order valence-corrected chi connectivity index (χ2v) is 8.39. The van der Waals surface area contributed by atoms with Crippen LogP contribution in [0.4, 0.5) is 11.4 Å². The molecule has 0 radical (unpaired) electrons. The van der Waals surface area contributed by atoms with Gasteiger partial charge in [-0.1, -0.05) is 0 Å². The highest BCUT2D eigenvalue weighted by Gasteiger charge is 2.27. The lowest BCUT2D eigenvalue weighted by Gasteiger charge is -2.17. The van der Waals surface area contributed by atoms with E-state index in [4.69, 9.17) is 10.2 Å². The number of aliphatic hydroxyl groups excluding tert-OH is 1. The summed E-state index contributed by atoms with van der Waals surface area (Å²) in [6.07, 6.45) is -0.978. The Hall–Kier alpha value is -1.49. The first-order valence-electron chi connectivity index (χ1n) is 5.84. The predicted molar refractivity (Wildman–Crippen MR) is 76.9 cm³/mol. The normalized spacial score (nSPS) is 17.2. The molecule has 116 valence electrons. The lowest BCUT2D eigenvalue weighted by Crippen LogP contribution is -2.24. The SMILES string of the molecule is CS(=O)(=O)Nc1ccc2c(c1)S(=O)(=O)CC(CC(O)O)=N2. The first-order chi connectivity index (χ1) is 9.57. The molecule has 8 nitrogen and oxygen atoms in total. The molecule has 21 heavy (non-hydrogen) atoms. The van der Waals surface area contributed by atoms with Crippen molar-refractivity contribution in [3.05, 3.63) is 18.2 Å². The zero-order valence-electron chi connectivity index (χ0n) is 11.0. The standard InChI is InChI=1S/C11H14N2O6S2/c1-20(16,17)13-7-2-3-9-10(4-7)21(18,19)6-8(12-9)5-11(14)15/h2-4,11,13-15H,5-6H2,1H3. The van der Waals surface area contributed by atoms with Gasteiger partial charge < -0.3 is 10.2 Å². The maximum absolute atomic E-state index is 12.2. The molecule has 1 aromatic carbocycles. The van der Waals surface area contributed by atoms with Gasteiger partial charge in [0.1, 0.15) is 0 Å². The molecule has 3 N–H and O–H groups in total. The minimum Gasteiger partial charge on any atom is -0.368 e. The quantitative estimate of drug-likeness (QED) is 0.643. The van der Waals surface area contributed by atoms with Crippen LogP contribution in [0.1, 0.15) is 6.42 Å². The molecule has 10 heteroatoms. The van der Waals surface area contributed by atoms with Crippen molar-refractivity contribution in [2.45, 2.75) is 17.6 Å². The highest BCUT2D eigenvalue weighted by Crippen LogP contribution is 2.32. The Morgan fingerprint density at radius 3 is 2.62 bits per heavy atom. The van der Waals surface area contributed by atoms with E-state index in [1.54, 1.807) is 0 Å². The van der Waals surface area contributed by atoms with Gasteiger partial charge in [-0.2, -0.15) is 0 Å². The van der Waals surface area contributed by atoms with Crippen molar-refractivity contribution in [2.75, 3.05) is 16.7 Å². The Morgan fingerprint density at radius 1 is 1.38 bits per heavy atom. The smallest absolute Gasteiger partial charge is 0.229 e. The van der Waals surface area contributed by atoms with Gasteiger partial charge in [-0.15, -0.1) is 0 Å². The third-order valence-electron chi connectivity index (χ3n) is 2.65. The number of aliphatic imine (C=N–C) groups is 1. The topological polar surface area (TPSA) is 133 Å². The van der Waals surface area contributed by atoms with E-state index in [0.717, 1.165) is 6.26 Å². The number of sulfone groups is 1. The van der Waals surface area contributed by atoms with Gasteiger partial charge in [0, 0.05) is 17.8 Å². The Labute approximate surface area is 122 Å². The number of benzene rings is 1. The monoisotopic (exact) mass is 334 g/mol. The van der Waals surface area contributed by atoms with Gasteiger partial charge in [0.15, 0.2) is 16.1 Å². The first kappa shape index (κ1) is 15.9. The molecule has 2 rings (SSSR count). The van der Waals surface area contributed by atoms with E-state index in [1.165, 1.54) is 18.2 Å². The van der Waals surface area contributed by atoms with Crippen LogP contribution in [-0.2, 0) is 19.9 Å². The minimum absolute atomic E-state index is 0.0904. The van der Waals surface area contributed by atoms with E-state index >= 15 is 0 Å². The van der Waals surface area contributed by atoms with Crippen molar-refractivity contribution in [1.82, 2.24) is 0 Å². The average molecular weight is 334 g/mol. The van der Waals surface area contributed by atoms with Gasteiger partial charge in [0.2, 0.25) is 10.0 Å². The molecule has 0 unspecified atom stereocenters. The second kappa shape index (κ2) is 5.37. The predicted octanol–water partition coefficient (Wildman–Crippen LogP) is -0.381. The third kappa shape index (κ3) is 4.00. The van der Waals surface area contributed by atoms with Crippen molar-refractivity contribution in [3.8, 4) is 0 Å². The molecule has 0 fully saturated rings. The summed E-state index contributed by atoms with van der Waals surface area (Å²) in [7, 11) is -7.22. The van der Waals surface area contributed by atoms with Gasteiger partial charge in [0.05, 0.1) is 22.6 Å². The fourth-order valence-corrected chi connectivity index (χ4v) is 4.02. The van der Waals surface area contributed by atoms with E-state index in [0.29, 0.717) is 0 Å². The Morgan fingerprint density at radius 2 is 2.05 bits per heavy atom. The summed E-state index contributed by atoms with van der Waals surface area (Å²) in [6, 6.07) is 3.95. The number of hydrogen-bond acceptors (Lipinski definition) is 7. The number of hydrogen-bond donors (Lipinski definition) is 3. The third-order valence-corrected chi connectivity index (χ3v) is 4.97. The van der Waals surface area contributed by atoms with E-state index in [9.17, 15) is 16.8 Å². The lowest BCUT2D eigenvalue weighted by atomic mass is 10.2. The first-order valence-corrected chi connectivity index (χ1v) is 9.38. The van der Waals surface area contributed by atoms with Crippen molar-refractivity contribution in [2.24, 2.45) is 4.99 Å². The van der Waals surface area contributed by atoms with Crippen molar-refractivity contribution in [1.29, 1.82) is 0 Å². The van der Waals surface area contributed by atoms with Crippen LogP contribution in [-0.4, -0.2) is 51.1 Å². The lowest BCUT2D eigenvalue weighted by molar-refractivity contribution is -0.0326. The molecule has 0 spiro atoms. The zero-order valence-corrected chi connectivity index (χ0v) is 12.6. The molecular weight excluding hydrogens is 320 g/mol. The number of fused-ring (bicyclic) bond motifs is 1. The molecule has 0 atom stereocenters. The number of nitrogens with zero attached hydrogens (tertiary/aromatic N) is 1. The van der Waals surface area contributed by atoms with Crippen LogP contribution in [0.3, 0.4) is 0 Å². The van der Waals surface area contributed by atoms with E-state index < -0.39 is 31.9 Å². The molecule has 0 aliphatic carbocycles. The van der Waals surface area contributed by atoms with Crippen LogP contribution in [0, 0.1) is 0 Å². The zero-order chi connectivity index (χ0) is 15.8. The van der Waals surface area contributed by atoms with Gasteiger partial charge in [-0.25, -0.2) is 16.8 Å². The van der Waals surface area contributed by atoms with Crippen LogP contribution in [0.25, 0.3) is 0 Å². The van der Waals surface area contributed by atoms with Crippen LogP contribution >= 0.6 is 0 Å². The van der Waals surface area contributed by atoms with Crippen molar-refractivity contribution in [3.63, 3.8) is 0 Å². The molecule has 1 aliphatic rings. The van der Waals surface area contributed by atoms with Gasteiger partial charge in [0.25, 0.3) is 0 Å². The Kier molecular flexibility index (Phi) is 4.06.